The average molecular weight is 484 g/mol. The van der Waals surface area contributed by atoms with E-state index in [2.05, 4.69) is 10.0 Å². The van der Waals surface area contributed by atoms with Gasteiger partial charge in [0.25, 0.3) is 5.91 Å². The van der Waals surface area contributed by atoms with Gasteiger partial charge in [-0.1, -0.05) is 19.1 Å². The first-order chi connectivity index (χ1) is 15.0. The number of ether oxygens (including phenoxy) is 1. The van der Waals surface area contributed by atoms with E-state index in [0.717, 1.165) is 9.87 Å². The summed E-state index contributed by atoms with van der Waals surface area (Å²) in [5, 5.41) is 2.68. The molecule has 0 aromatic heterocycles. The van der Waals surface area contributed by atoms with E-state index in [1.165, 1.54) is 50.5 Å². The number of carbonyl (C=O) groups excluding carboxylic acids is 1. The third-order valence-electron chi connectivity index (χ3n) is 4.66. The van der Waals surface area contributed by atoms with E-state index >= 15 is 0 Å². The van der Waals surface area contributed by atoms with E-state index in [1.807, 2.05) is 6.92 Å². The van der Waals surface area contributed by atoms with E-state index < -0.39 is 20.0 Å². The van der Waals surface area contributed by atoms with Crippen molar-refractivity contribution in [3.05, 3.63) is 54.1 Å². The van der Waals surface area contributed by atoms with Crippen LogP contribution in [-0.4, -0.2) is 53.8 Å². The van der Waals surface area contributed by atoms with Crippen molar-refractivity contribution in [2.75, 3.05) is 20.7 Å². The highest BCUT2D eigenvalue weighted by molar-refractivity contribution is 7.89. The Kier molecular flexibility index (Phi) is 8.79. The zero-order valence-corrected chi connectivity index (χ0v) is 20.2. The minimum absolute atomic E-state index is 0.120. The van der Waals surface area contributed by atoms with Crippen molar-refractivity contribution in [3.8, 4) is 5.75 Å². The van der Waals surface area contributed by atoms with Crippen LogP contribution in [0.4, 0.5) is 0 Å². The summed E-state index contributed by atoms with van der Waals surface area (Å²) < 4.78 is 57.8. The van der Waals surface area contributed by atoms with Gasteiger partial charge in [-0.05, 0) is 55.3 Å². The molecule has 2 N–H and O–H groups in total. The van der Waals surface area contributed by atoms with Crippen molar-refractivity contribution >= 4 is 26.0 Å². The largest absolute Gasteiger partial charge is 0.484 e. The highest BCUT2D eigenvalue weighted by Gasteiger charge is 2.17. The summed E-state index contributed by atoms with van der Waals surface area (Å²) in [6.45, 7) is 3.64. The summed E-state index contributed by atoms with van der Waals surface area (Å²) in [5.74, 6) is -0.00832. The molecule has 0 radical (unpaired) electrons. The quantitative estimate of drug-likeness (QED) is 0.502. The third kappa shape index (κ3) is 7.02. The van der Waals surface area contributed by atoms with Gasteiger partial charge in [0.2, 0.25) is 20.0 Å². The molecule has 2 aromatic rings. The second kappa shape index (κ2) is 10.9. The zero-order chi connectivity index (χ0) is 23.9. The fourth-order valence-corrected chi connectivity index (χ4v) is 4.75. The van der Waals surface area contributed by atoms with Gasteiger partial charge >= 0.3 is 0 Å². The number of hydrogen-bond donors (Lipinski definition) is 2. The molecule has 11 heteroatoms. The highest BCUT2D eigenvalue weighted by atomic mass is 32.2. The first-order valence-electron chi connectivity index (χ1n) is 9.99. The molecule has 0 saturated heterocycles. The Balaban J connectivity index is 1.86. The fraction of sp³-hybridized carbons (Fsp3) is 0.381. The van der Waals surface area contributed by atoms with Crippen molar-refractivity contribution < 1.29 is 26.4 Å². The molecule has 9 nitrogen and oxygen atoms in total. The number of benzene rings is 2. The second-order valence-electron chi connectivity index (χ2n) is 7.40. The molecular weight excluding hydrogens is 454 g/mol. The number of rotatable bonds is 11. The number of carbonyl (C=O) groups is 1. The van der Waals surface area contributed by atoms with Crippen LogP contribution in [0.15, 0.2) is 58.3 Å². The molecule has 176 valence electrons. The smallest absolute Gasteiger partial charge is 0.258 e. The summed E-state index contributed by atoms with van der Waals surface area (Å²) in [7, 11) is -4.18. The Bertz CT molecular complexity index is 1110. The lowest BCUT2D eigenvalue weighted by Gasteiger charge is -2.13. The average Bonchev–Trinajstić information content (AvgIpc) is 2.76. The van der Waals surface area contributed by atoms with Gasteiger partial charge in [0.05, 0.1) is 9.79 Å². The summed E-state index contributed by atoms with van der Waals surface area (Å²) in [6, 6.07) is 11.9. The molecular formula is C21H29N3O6S2. The lowest BCUT2D eigenvalue weighted by molar-refractivity contribution is -0.123. The van der Waals surface area contributed by atoms with Gasteiger partial charge in [0.15, 0.2) is 6.61 Å². The molecule has 0 unspecified atom stereocenters. The highest BCUT2D eigenvalue weighted by Crippen LogP contribution is 2.17. The number of nitrogens with one attached hydrogen (secondary N) is 2. The first kappa shape index (κ1) is 25.8. The molecule has 2 aromatic carbocycles. The monoisotopic (exact) mass is 483 g/mol. The summed E-state index contributed by atoms with van der Waals surface area (Å²) in [5.41, 5.74) is 0.736. The van der Waals surface area contributed by atoms with Gasteiger partial charge in [-0.25, -0.2) is 25.9 Å². The summed E-state index contributed by atoms with van der Waals surface area (Å²) in [4.78, 5) is 12.3. The van der Waals surface area contributed by atoms with E-state index in [9.17, 15) is 21.6 Å². The molecule has 0 aliphatic heterocycles. The number of sulfonamides is 2. The molecule has 0 spiro atoms. The molecule has 1 atom stereocenters. The van der Waals surface area contributed by atoms with Gasteiger partial charge in [-0.15, -0.1) is 0 Å². The maximum atomic E-state index is 12.3. The lowest BCUT2D eigenvalue weighted by Crippen LogP contribution is -2.32. The van der Waals surface area contributed by atoms with Crippen LogP contribution in [0.5, 0.6) is 5.75 Å². The summed E-state index contributed by atoms with van der Waals surface area (Å²) in [6.07, 6.45) is 0.675. The van der Waals surface area contributed by atoms with Crippen LogP contribution >= 0.6 is 0 Å². The molecule has 0 heterocycles. The molecule has 0 aliphatic rings. The van der Waals surface area contributed by atoms with E-state index in [1.54, 1.807) is 19.1 Å². The normalized spacial score (nSPS) is 13.0. The van der Waals surface area contributed by atoms with Crippen molar-refractivity contribution in [1.82, 2.24) is 14.3 Å². The first-order valence-corrected chi connectivity index (χ1v) is 12.9. The van der Waals surface area contributed by atoms with Crippen molar-refractivity contribution in [3.63, 3.8) is 0 Å². The predicted octanol–water partition coefficient (Wildman–Crippen LogP) is 1.71. The lowest BCUT2D eigenvalue weighted by atomic mass is 10.2. The van der Waals surface area contributed by atoms with E-state index in [-0.39, 0.29) is 34.9 Å². The molecule has 2 rings (SSSR count). The number of hydrogen-bond acceptors (Lipinski definition) is 6. The van der Waals surface area contributed by atoms with Crippen LogP contribution in [0.25, 0.3) is 0 Å². The molecule has 0 bridgehead atoms. The Morgan fingerprint density at radius 3 is 2.06 bits per heavy atom. The maximum absolute atomic E-state index is 12.3. The number of amides is 1. The van der Waals surface area contributed by atoms with Crippen molar-refractivity contribution in [2.45, 2.75) is 42.6 Å². The fourth-order valence-electron chi connectivity index (χ4n) is 2.52. The Labute approximate surface area is 189 Å². The minimum Gasteiger partial charge on any atom is -0.484 e. The van der Waals surface area contributed by atoms with Crippen LogP contribution in [0.2, 0.25) is 0 Å². The summed E-state index contributed by atoms with van der Waals surface area (Å²) >= 11 is 0. The van der Waals surface area contributed by atoms with Crippen LogP contribution in [-0.2, 0) is 31.4 Å². The van der Waals surface area contributed by atoms with Crippen molar-refractivity contribution in [1.29, 1.82) is 0 Å². The SMILES string of the molecule is CC[C@@H](C)NS(=O)(=O)c1ccc(OCC(=O)NCc2ccc(S(=O)(=O)N(C)C)cc2)cc1. The molecule has 0 aliphatic carbocycles. The van der Waals surface area contributed by atoms with E-state index in [0.29, 0.717) is 12.2 Å². The van der Waals surface area contributed by atoms with Crippen LogP contribution in [0.1, 0.15) is 25.8 Å². The second-order valence-corrected chi connectivity index (χ2v) is 11.3. The van der Waals surface area contributed by atoms with E-state index in [4.69, 9.17) is 4.74 Å². The third-order valence-corrected chi connectivity index (χ3v) is 8.10. The van der Waals surface area contributed by atoms with Gasteiger partial charge in [0.1, 0.15) is 5.75 Å². The van der Waals surface area contributed by atoms with Gasteiger partial charge in [-0.2, -0.15) is 0 Å². The number of nitrogens with zero attached hydrogens (tertiary/aromatic N) is 1. The standard InChI is InChI=1S/C21H29N3O6S2/c1-5-16(2)23-31(26,27)19-12-8-18(9-13-19)30-15-21(25)22-14-17-6-10-20(11-7-17)32(28,29)24(3)4/h6-13,16,23H,5,14-15H2,1-4H3,(H,22,25)/t16-/m1/s1. The molecule has 0 saturated carbocycles. The van der Waals surface area contributed by atoms with Gasteiger partial charge < -0.3 is 10.1 Å². The van der Waals surface area contributed by atoms with Gasteiger partial charge in [0, 0.05) is 26.7 Å². The van der Waals surface area contributed by atoms with Crippen LogP contribution < -0.4 is 14.8 Å². The molecule has 0 fully saturated rings. The van der Waals surface area contributed by atoms with Crippen LogP contribution in [0, 0.1) is 0 Å². The molecule has 32 heavy (non-hydrogen) atoms. The predicted molar refractivity (Wildman–Crippen MR) is 121 cm³/mol. The molecule has 1 amide bonds. The van der Waals surface area contributed by atoms with Crippen LogP contribution in [0.3, 0.4) is 0 Å². The Hall–Kier alpha value is -2.47. The zero-order valence-electron chi connectivity index (χ0n) is 18.5. The van der Waals surface area contributed by atoms with Gasteiger partial charge in [-0.3, -0.25) is 4.79 Å². The topological polar surface area (TPSA) is 122 Å². The minimum atomic E-state index is -3.60. The maximum Gasteiger partial charge on any atom is 0.258 e. The van der Waals surface area contributed by atoms with Crippen molar-refractivity contribution in [2.24, 2.45) is 0 Å². The Morgan fingerprint density at radius 2 is 1.53 bits per heavy atom. The Morgan fingerprint density at radius 1 is 0.969 bits per heavy atom.